The lowest BCUT2D eigenvalue weighted by molar-refractivity contribution is 0.0856. The minimum atomic E-state index is 0. The van der Waals surface area contributed by atoms with Crippen LogP contribution < -0.4 is 5.32 Å². The van der Waals surface area contributed by atoms with Crippen LogP contribution in [0.5, 0.6) is 0 Å². The second kappa shape index (κ2) is 8.20. The summed E-state index contributed by atoms with van der Waals surface area (Å²) in [5.74, 6) is 0.892. The Bertz CT molecular complexity index is 378. The summed E-state index contributed by atoms with van der Waals surface area (Å²) in [6.07, 6.45) is 4.26. The molecule has 2 heterocycles. The second-order valence-electron chi connectivity index (χ2n) is 5.05. The number of nitrogens with one attached hydrogen (secondary N) is 1. The van der Waals surface area contributed by atoms with Crippen LogP contribution in [0.4, 0.5) is 0 Å². The van der Waals surface area contributed by atoms with Gasteiger partial charge in [-0.3, -0.25) is 4.90 Å². The molecule has 1 aromatic rings. The lowest BCUT2D eigenvalue weighted by Crippen LogP contribution is -2.47. The van der Waals surface area contributed by atoms with Crippen LogP contribution in [-0.4, -0.2) is 31.1 Å². The first-order valence-electron chi connectivity index (χ1n) is 6.54. The summed E-state index contributed by atoms with van der Waals surface area (Å²) in [6.45, 7) is 4.69. The summed E-state index contributed by atoms with van der Waals surface area (Å²) in [7, 11) is 0. The van der Waals surface area contributed by atoms with Crippen LogP contribution in [0.1, 0.15) is 30.2 Å². The van der Waals surface area contributed by atoms with Crippen molar-refractivity contribution < 1.29 is 0 Å². The van der Waals surface area contributed by atoms with E-state index in [1.54, 1.807) is 4.88 Å². The minimum Gasteiger partial charge on any atom is -0.314 e. The SMILES string of the molecule is Brc1ccsc1[C@@H](C1CCC1)N1CCNCC1.Cl.Cl. The van der Waals surface area contributed by atoms with Gasteiger partial charge in [0.1, 0.15) is 0 Å². The molecule has 6 heteroatoms. The fourth-order valence-corrected chi connectivity index (χ4v) is 4.74. The third kappa shape index (κ3) is 3.86. The summed E-state index contributed by atoms with van der Waals surface area (Å²) in [5, 5.41) is 5.67. The highest BCUT2D eigenvalue weighted by Gasteiger charge is 2.35. The van der Waals surface area contributed by atoms with E-state index in [9.17, 15) is 0 Å². The van der Waals surface area contributed by atoms with Crippen LogP contribution in [0.2, 0.25) is 0 Å². The van der Waals surface area contributed by atoms with Gasteiger partial charge in [-0.05, 0) is 46.1 Å². The molecule has 2 nitrogen and oxygen atoms in total. The third-order valence-corrected chi connectivity index (χ3v) is 6.00. The third-order valence-electron chi connectivity index (χ3n) is 4.05. The van der Waals surface area contributed by atoms with Gasteiger partial charge in [-0.15, -0.1) is 36.2 Å². The Morgan fingerprint density at radius 3 is 2.42 bits per heavy atom. The fraction of sp³-hybridized carbons (Fsp3) is 0.692. The first-order chi connectivity index (χ1) is 8.36. The maximum absolute atomic E-state index is 3.72. The van der Waals surface area contributed by atoms with Crippen molar-refractivity contribution in [3.63, 3.8) is 0 Å². The number of nitrogens with zero attached hydrogens (tertiary/aromatic N) is 1. The van der Waals surface area contributed by atoms with Gasteiger partial charge in [-0.25, -0.2) is 0 Å². The number of thiophene rings is 1. The summed E-state index contributed by atoms with van der Waals surface area (Å²) >= 11 is 5.64. The van der Waals surface area contributed by atoms with Gasteiger partial charge < -0.3 is 5.32 Å². The fourth-order valence-electron chi connectivity index (χ4n) is 2.91. The molecule has 1 saturated heterocycles. The number of halogens is 3. The quantitative estimate of drug-likeness (QED) is 0.839. The van der Waals surface area contributed by atoms with E-state index in [2.05, 4.69) is 37.6 Å². The van der Waals surface area contributed by atoms with E-state index in [-0.39, 0.29) is 24.8 Å². The molecule has 2 fully saturated rings. The predicted molar refractivity (Wildman–Crippen MR) is 91.0 cm³/mol. The molecule has 1 aromatic heterocycles. The molecule has 1 N–H and O–H groups in total. The first kappa shape index (κ1) is 17.7. The topological polar surface area (TPSA) is 15.3 Å². The van der Waals surface area contributed by atoms with Crippen LogP contribution in [-0.2, 0) is 0 Å². The zero-order chi connectivity index (χ0) is 11.7. The Kier molecular flexibility index (Phi) is 7.65. The molecular formula is C13H21BrCl2N2S. The van der Waals surface area contributed by atoms with E-state index in [0.29, 0.717) is 6.04 Å². The summed E-state index contributed by atoms with van der Waals surface area (Å²) in [6, 6.07) is 2.87. The van der Waals surface area contributed by atoms with Crippen molar-refractivity contribution in [1.82, 2.24) is 10.2 Å². The minimum absolute atomic E-state index is 0. The molecule has 0 aromatic carbocycles. The van der Waals surface area contributed by atoms with Gasteiger partial charge in [0.25, 0.3) is 0 Å². The first-order valence-corrected chi connectivity index (χ1v) is 8.21. The summed E-state index contributed by atoms with van der Waals surface area (Å²) < 4.78 is 1.32. The lowest BCUT2D eigenvalue weighted by Gasteiger charge is -2.42. The van der Waals surface area contributed by atoms with E-state index in [0.717, 1.165) is 19.0 Å². The van der Waals surface area contributed by atoms with Crippen molar-refractivity contribution in [2.24, 2.45) is 5.92 Å². The Morgan fingerprint density at radius 1 is 1.26 bits per heavy atom. The van der Waals surface area contributed by atoms with Crippen LogP contribution in [0.25, 0.3) is 0 Å². The van der Waals surface area contributed by atoms with E-state index < -0.39 is 0 Å². The van der Waals surface area contributed by atoms with Gasteiger partial charge in [-0.1, -0.05) is 6.42 Å². The van der Waals surface area contributed by atoms with Crippen molar-refractivity contribution in [3.8, 4) is 0 Å². The van der Waals surface area contributed by atoms with Crippen molar-refractivity contribution in [2.45, 2.75) is 25.3 Å². The molecule has 0 radical (unpaired) electrons. The highest BCUT2D eigenvalue weighted by Crippen LogP contribution is 2.45. The molecule has 1 saturated carbocycles. The van der Waals surface area contributed by atoms with Gasteiger partial charge in [0.15, 0.2) is 0 Å². The van der Waals surface area contributed by atoms with Gasteiger partial charge in [0.05, 0.1) is 0 Å². The largest absolute Gasteiger partial charge is 0.314 e. The monoisotopic (exact) mass is 386 g/mol. The van der Waals surface area contributed by atoms with Gasteiger partial charge in [0.2, 0.25) is 0 Å². The van der Waals surface area contributed by atoms with Crippen molar-refractivity contribution in [1.29, 1.82) is 0 Å². The van der Waals surface area contributed by atoms with Crippen molar-refractivity contribution in [2.75, 3.05) is 26.2 Å². The Morgan fingerprint density at radius 2 is 1.95 bits per heavy atom. The van der Waals surface area contributed by atoms with Crippen LogP contribution >= 0.6 is 52.1 Å². The molecule has 1 atom stereocenters. The van der Waals surface area contributed by atoms with E-state index >= 15 is 0 Å². The zero-order valence-corrected chi connectivity index (χ0v) is 14.8. The number of hydrogen-bond donors (Lipinski definition) is 1. The van der Waals surface area contributed by atoms with E-state index in [1.807, 2.05) is 11.3 Å². The highest BCUT2D eigenvalue weighted by molar-refractivity contribution is 9.10. The molecule has 0 amide bonds. The molecule has 3 rings (SSSR count). The average molecular weight is 388 g/mol. The molecule has 0 spiro atoms. The predicted octanol–water partition coefficient (Wildman–Crippen LogP) is 4.10. The number of piperazine rings is 1. The standard InChI is InChI=1S/C13H19BrN2S.2ClH/c14-11-4-9-17-13(11)12(10-2-1-3-10)16-7-5-15-6-8-16;;/h4,9-10,12,15H,1-3,5-8H2;2*1H/t12-;;/m1../s1. The summed E-state index contributed by atoms with van der Waals surface area (Å²) in [5.41, 5.74) is 0. The second-order valence-corrected chi connectivity index (χ2v) is 6.86. The van der Waals surface area contributed by atoms with Crippen LogP contribution in [0.3, 0.4) is 0 Å². The Labute approximate surface area is 140 Å². The average Bonchev–Trinajstić information content (AvgIpc) is 2.71. The van der Waals surface area contributed by atoms with Gasteiger partial charge in [-0.2, -0.15) is 0 Å². The van der Waals surface area contributed by atoms with Gasteiger partial charge >= 0.3 is 0 Å². The molecular weight excluding hydrogens is 367 g/mol. The molecule has 2 aliphatic rings. The zero-order valence-electron chi connectivity index (χ0n) is 10.8. The van der Waals surface area contributed by atoms with Crippen LogP contribution in [0.15, 0.2) is 15.9 Å². The van der Waals surface area contributed by atoms with E-state index in [4.69, 9.17) is 0 Å². The number of rotatable bonds is 3. The smallest absolute Gasteiger partial charge is 0.0482 e. The molecule has 0 unspecified atom stereocenters. The van der Waals surface area contributed by atoms with Crippen LogP contribution in [0, 0.1) is 5.92 Å². The maximum Gasteiger partial charge on any atom is 0.0482 e. The van der Waals surface area contributed by atoms with Crippen molar-refractivity contribution >= 4 is 52.1 Å². The molecule has 110 valence electrons. The lowest BCUT2D eigenvalue weighted by atomic mass is 9.78. The highest BCUT2D eigenvalue weighted by atomic mass is 79.9. The molecule has 19 heavy (non-hydrogen) atoms. The maximum atomic E-state index is 3.72. The normalized spacial score (nSPS) is 21.9. The van der Waals surface area contributed by atoms with Crippen molar-refractivity contribution in [3.05, 3.63) is 20.8 Å². The number of hydrogen-bond acceptors (Lipinski definition) is 3. The van der Waals surface area contributed by atoms with Gasteiger partial charge in [0, 0.05) is 41.6 Å². The molecule has 1 aliphatic carbocycles. The summed E-state index contributed by atoms with van der Waals surface area (Å²) in [4.78, 5) is 4.24. The Balaban J connectivity index is 0.000000902. The van der Waals surface area contributed by atoms with E-state index in [1.165, 1.54) is 36.8 Å². The molecule has 0 bridgehead atoms. The Hall–Kier alpha value is 0.680. The molecule has 1 aliphatic heterocycles.